The first-order valence-electron chi connectivity index (χ1n) is 15.2. The van der Waals surface area contributed by atoms with Crippen LogP contribution in [0.2, 0.25) is 0 Å². The summed E-state index contributed by atoms with van der Waals surface area (Å²) in [4.78, 5) is 0. The summed E-state index contributed by atoms with van der Waals surface area (Å²) in [6.07, 6.45) is 6.88. The zero-order valence-electron chi connectivity index (χ0n) is 22.8. The second-order valence-corrected chi connectivity index (χ2v) is 14.2. The molecule has 0 heterocycles. The summed E-state index contributed by atoms with van der Waals surface area (Å²) in [5.41, 5.74) is 0. The van der Waals surface area contributed by atoms with E-state index in [9.17, 15) is 8.78 Å². The Hall–Kier alpha value is 0.370. The molecule has 4 aliphatic rings. The van der Waals surface area contributed by atoms with Gasteiger partial charge < -0.3 is 9.47 Å². The molecule has 0 radical (unpaired) electrons. The van der Waals surface area contributed by atoms with Gasteiger partial charge in [0.05, 0.1) is 12.2 Å². The van der Waals surface area contributed by atoms with E-state index in [4.69, 9.17) is 9.47 Å². The SMILES string of the molecule is CCOC1CCC(C2CCC(CCC(I)C3CCC(C4CCC(OC)CC4)C(F)[C@H]3F)CC2)C(F)[C@H]1F. The van der Waals surface area contributed by atoms with E-state index in [2.05, 4.69) is 22.6 Å². The molecule has 37 heavy (non-hydrogen) atoms. The van der Waals surface area contributed by atoms with Gasteiger partial charge in [0.25, 0.3) is 0 Å². The smallest absolute Gasteiger partial charge is 0.157 e. The quantitative estimate of drug-likeness (QED) is 0.142. The minimum Gasteiger partial charge on any atom is -0.381 e. The number of hydrogen-bond acceptors (Lipinski definition) is 2. The Morgan fingerprint density at radius 3 is 1.86 bits per heavy atom. The number of ether oxygens (including phenoxy) is 2. The molecule has 0 aromatic rings. The van der Waals surface area contributed by atoms with Crippen LogP contribution in [-0.2, 0) is 9.47 Å². The van der Waals surface area contributed by atoms with Crippen LogP contribution < -0.4 is 0 Å². The molecule has 4 rings (SSSR count). The molecule has 9 atom stereocenters. The molecule has 0 amide bonds. The van der Waals surface area contributed by atoms with Gasteiger partial charge in [-0.3, -0.25) is 0 Å². The van der Waals surface area contributed by atoms with Crippen molar-refractivity contribution >= 4 is 22.6 Å². The maximum absolute atomic E-state index is 15.3. The van der Waals surface area contributed by atoms with E-state index in [1.165, 1.54) is 0 Å². The molecule has 0 bridgehead atoms. The summed E-state index contributed by atoms with van der Waals surface area (Å²) in [6.45, 7) is 2.26. The Bertz CT molecular complexity index is 670. The van der Waals surface area contributed by atoms with Gasteiger partial charge >= 0.3 is 0 Å². The highest BCUT2D eigenvalue weighted by atomic mass is 127. The molecule has 4 aliphatic carbocycles. The summed E-state index contributed by atoms with van der Waals surface area (Å²) < 4.78 is 71.1. The van der Waals surface area contributed by atoms with Crippen molar-refractivity contribution in [1.82, 2.24) is 0 Å². The lowest BCUT2D eigenvalue weighted by molar-refractivity contribution is -0.0845. The van der Waals surface area contributed by atoms with E-state index >= 15 is 8.78 Å². The largest absolute Gasteiger partial charge is 0.381 e. The fourth-order valence-electron chi connectivity index (χ4n) is 8.32. The van der Waals surface area contributed by atoms with Gasteiger partial charge in [-0.1, -0.05) is 35.4 Å². The van der Waals surface area contributed by atoms with Crippen molar-refractivity contribution in [3.05, 3.63) is 0 Å². The number of hydrogen-bond donors (Lipinski definition) is 0. The molecule has 216 valence electrons. The molecule has 2 nitrogen and oxygen atoms in total. The zero-order valence-corrected chi connectivity index (χ0v) is 25.0. The standard InChI is InChI=1S/C30H49F4IO2/c1-3-37-26-17-15-23(28(32)30(26)34)19-7-4-18(5-8-19)6-16-25(35)24-14-13-22(27(31)29(24)33)20-9-11-21(36-2)12-10-20/h18-30H,3-17H2,1-2H3/t18?,19?,20?,21?,22?,23?,24?,25?,26?,27?,28?,29-,30-/m0/s1. The van der Waals surface area contributed by atoms with Crippen LogP contribution in [0.5, 0.6) is 0 Å². The topological polar surface area (TPSA) is 18.5 Å². The molecular formula is C30H49F4IO2. The number of methoxy groups -OCH3 is 1. The first-order valence-corrected chi connectivity index (χ1v) is 16.4. The van der Waals surface area contributed by atoms with Gasteiger partial charge in [-0.2, -0.15) is 0 Å². The third-order valence-electron chi connectivity index (χ3n) is 10.7. The highest BCUT2D eigenvalue weighted by Gasteiger charge is 2.47. The predicted molar refractivity (Wildman–Crippen MR) is 149 cm³/mol. The van der Waals surface area contributed by atoms with Gasteiger partial charge in [-0.05, 0) is 114 Å². The molecule has 4 saturated carbocycles. The van der Waals surface area contributed by atoms with Crippen LogP contribution in [0.4, 0.5) is 17.6 Å². The minimum atomic E-state index is -1.50. The van der Waals surface area contributed by atoms with Crippen molar-refractivity contribution in [2.75, 3.05) is 13.7 Å². The lowest BCUT2D eigenvalue weighted by Crippen LogP contribution is -2.45. The third-order valence-corrected chi connectivity index (χ3v) is 12.2. The zero-order chi connectivity index (χ0) is 26.5. The van der Waals surface area contributed by atoms with Crippen LogP contribution in [0, 0.1) is 35.5 Å². The maximum atomic E-state index is 15.3. The van der Waals surface area contributed by atoms with E-state index in [-0.39, 0.29) is 33.7 Å². The van der Waals surface area contributed by atoms with Crippen LogP contribution in [0.3, 0.4) is 0 Å². The van der Waals surface area contributed by atoms with Gasteiger partial charge in [-0.15, -0.1) is 0 Å². The minimum absolute atomic E-state index is 0.130. The molecule has 0 aromatic heterocycles. The Labute approximate surface area is 235 Å². The molecule has 0 aliphatic heterocycles. The van der Waals surface area contributed by atoms with Crippen molar-refractivity contribution in [3.63, 3.8) is 0 Å². The van der Waals surface area contributed by atoms with Crippen LogP contribution >= 0.6 is 22.6 Å². The van der Waals surface area contributed by atoms with Crippen molar-refractivity contribution < 1.29 is 27.0 Å². The summed E-state index contributed by atoms with van der Waals surface area (Å²) in [5.74, 6) is 0.633. The van der Waals surface area contributed by atoms with Gasteiger partial charge in [0.2, 0.25) is 0 Å². The normalized spacial score (nSPS) is 46.5. The molecule has 0 spiro atoms. The van der Waals surface area contributed by atoms with Gasteiger partial charge in [0, 0.05) is 23.6 Å². The van der Waals surface area contributed by atoms with E-state index in [1.54, 1.807) is 7.11 Å². The van der Waals surface area contributed by atoms with Crippen LogP contribution in [0.1, 0.15) is 96.8 Å². The highest BCUT2D eigenvalue weighted by molar-refractivity contribution is 14.1. The summed E-state index contributed by atoms with van der Waals surface area (Å²) in [5, 5.41) is 0. The fourth-order valence-corrected chi connectivity index (χ4v) is 9.44. The summed E-state index contributed by atoms with van der Waals surface area (Å²) in [6, 6.07) is 0. The monoisotopic (exact) mass is 644 g/mol. The Morgan fingerprint density at radius 1 is 0.703 bits per heavy atom. The molecule has 4 fully saturated rings. The van der Waals surface area contributed by atoms with Crippen LogP contribution in [0.25, 0.3) is 0 Å². The number of rotatable bonds is 9. The van der Waals surface area contributed by atoms with Gasteiger partial charge in [-0.25, -0.2) is 17.6 Å². The summed E-state index contributed by atoms with van der Waals surface area (Å²) >= 11 is 2.38. The van der Waals surface area contributed by atoms with E-state index in [0.717, 1.165) is 83.5 Å². The third kappa shape index (κ3) is 7.37. The highest BCUT2D eigenvalue weighted by Crippen LogP contribution is 2.47. The molecular weight excluding hydrogens is 595 g/mol. The average Bonchev–Trinajstić information content (AvgIpc) is 2.92. The molecule has 0 N–H and O–H groups in total. The lowest BCUT2D eigenvalue weighted by Gasteiger charge is -2.43. The van der Waals surface area contributed by atoms with Crippen molar-refractivity contribution in [2.45, 2.75) is 138 Å². The fraction of sp³-hybridized carbons (Fsp3) is 1.00. The van der Waals surface area contributed by atoms with E-state index < -0.39 is 30.8 Å². The first-order chi connectivity index (χ1) is 17.8. The van der Waals surface area contributed by atoms with Crippen LogP contribution in [-0.4, -0.2) is 54.5 Å². The molecule has 7 unspecified atom stereocenters. The Balaban J connectivity index is 1.18. The number of halogens is 5. The van der Waals surface area contributed by atoms with Crippen LogP contribution in [0.15, 0.2) is 0 Å². The van der Waals surface area contributed by atoms with Gasteiger partial charge in [0.15, 0.2) is 6.17 Å². The molecule has 0 aromatic carbocycles. The van der Waals surface area contributed by atoms with E-state index in [1.807, 2.05) is 6.92 Å². The Morgan fingerprint density at radius 2 is 1.27 bits per heavy atom. The summed E-state index contributed by atoms with van der Waals surface area (Å²) in [7, 11) is 1.74. The average molecular weight is 645 g/mol. The maximum Gasteiger partial charge on any atom is 0.157 e. The van der Waals surface area contributed by atoms with Crippen molar-refractivity contribution in [2.24, 2.45) is 35.5 Å². The second-order valence-electron chi connectivity index (χ2n) is 12.6. The predicted octanol–water partition coefficient (Wildman–Crippen LogP) is 8.78. The lowest BCUT2D eigenvalue weighted by atomic mass is 9.67. The van der Waals surface area contributed by atoms with Crippen molar-refractivity contribution in [1.29, 1.82) is 0 Å². The molecule has 0 saturated heterocycles. The number of alkyl halides is 5. The Kier molecular flexibility index (Phi) is 11.7. The molecule has 7 heteroatoms. The first kappa shape index (κ1) is 30.3. The second kappa shape index (κ2) is 14.3. The van der Waals surface area contributed by atoms with Crippen molar-refractivity contribution in [3.8, 4) is 0 Å². The van der Waals surface area contributed by atoms with Gasteiger partial charge in [0.1, 0.15) is 18.5 Å². The van der Waals surface area contributed by atoms with E-state index in [0.29, 0.717) is 24.9 Å².